The second-order valence-electron chi connectivity index (χ2n) is 5.40. The molecule has 5 nitrogen and oxygen atoms in total. The zero-order valence-electron chi connectivity index (χ0n) is 13.1. The second-order valence-corrected chi connectivity index (χ2v) is 10.8. The van der Waals surface area contributed by atoms with Crippen molar-refractivity contribution in [2.45, 2.75) is 30.9 Å². The van der Waals surface area contributed by atoms with Crippen molar-refractivity contribution in [3.8, 4) is 0 Å². The van der Waals surface area contributed by atoms with Crippen molar-refractivity contribution in [1.82, 2.24) is 9.21 Å². The minimum Gasteiger partial charge on any atom is -0.343 e. The molecule has 1 unspecified atom stereocenters. The van der Waals surface area contributed by atoms with Gasteiger partial charge < -0.3 is 4.90 Å². The number of hydrogen-bond donors (Lipinski definition) is 0. The first-order chi connectivity index (χ1) is 10.8. The third-order valence-corrected chi connectivity index (χ3v) is 9.60. The molecule has 0 radical (unpaired) electrons. The highest BCUT2D eigenvalue weighted by Crippen LogP contribution is 2.37. The molecule has 1 fully saturated rings. The van der Waals surface area contributed by atoms with Crippen molar-refractivity contribution in [1.29, 1.82) is 0 Å². The molecule has 2 heterocycles. The van der Waals surface area contributed by atoms with Crippen LogP contribution in [0.2, 0.25) is 0 Å². The number of halogens is 2. The lowest BCUT2D eigenvalue weighted by Gasteiger charge is -2.33. The lowest BCUT2D eigenvalue weighted by atomic mass is 9.98. The molecule has 1 saturated heterocycles. The first-order valence-corrected chi connectivity index (χ1v) is 11.4. The predicted molar refractivity (Wildman–Crippen MR) is 99.1 cm³/mol. The van der Waals surface area contributed by atoms with E-state index in [1.54, 1.807) is 11.0 Å². The number of nitrogens with zero attached hydrogens (tertiary/aromatic N) is 2. The highest BCUT2D eigenvalue weighted by Gasteiger charge is 2.35. The Morgan fingerprint density at radius 1 is 1.39 bits per heavy atom. The van der Waals surface area contributed by atoms with Crippen LogP contribution < -0.4 is 0 Å². The van der Waals surface area contributed by atoms with Gasteiger partial charge in [0.1, 0.15) is 4.21 Å². The molecular weight excluding hydrogens is 468 g/mol. The van der Waals surface area contributed by atoms with E-state index in [-0.39, 0.29) is 18.4 Å². The Labute approximate surface area is 158 Å². The van der Waals surface area contributed by atoms with Gasteiger partial charge in [-0.1, -0.05) is 0 Å². The van der Waals surface area contributed by atoms with Gasteiger partial charge in [0.25, 0.3) is 10.0 Å². The average molecular weight is 488 g/mol. The van der Waals surface area contributed by atoms with Gasteiger partial charge in [-0.25, -0.2) is 8.42 Å². The molecule has 1 amide bonds. The minimum atomic E-state index is -3.55. The standard InChI is InChI=1S/C14H20Br2N2O3S2/c1-3-17(4-2)14(19)10-6-5-7-18(9-10)23(20,21)12-8-11(15)13(16)22-12/h8,10H,3-7,9H2,1-2H3. The van der Waals surface area contributed by atoms with E-state index in [0.29, 0.717) is 30.3 Å². The minimum absolute atomic E-state index is 0.0587. The summed E-state index contributed by atoms with van der Waals surface area (Å²) in [7, 11) is -3.55. The topological polar surface area (TPSA) is 57.7 Å². The monoisotopic (exact) mass is 486 g/mol. The summed E-state index contributed by atoms with van der Waals surface area (Å²) in [5.74, 6) is -0.186. The molecular formula is C14H20Br2N2O3S2. The van der Waals surface area contributed by atoms with Gasteiger partial charge in [-0.2, -0.15) is 4.31 Å². The summed E-state index contributed by atoms with van der Waals surface area (Å²) in [4.78, 5) is 14.3. The van der Waals surface area contributed by atoms with Crippen LogP contribution in [-0.2, 0) is 14.8 Å². The molecule has 1 aromatic heterocycles. The van der Waals surface area contributed by atoms with Gasteiger partial charge in [0, 0.05) is 30.7 Å². The summed E-state index contributed by atoms with van der Waals surface area (Å²) >= 11 is 7.84. The number of amides is 1. The van der Waals surface area contributed by atoms with Gasteiger partial charge in [-0.15, -0.1) is 11.3 Å². The van der Waals surface area contributed by atoms with E-state index in [9.17, 15) is 13.2 Å². The number of thiophene rings is 1. The fourth-order valence-electron chi connectivity index (χ4n) is 2.74. The summed E-state index contributed by atoms with van der Waals surface area (Å²) in [5.41, 5.74) is 0. The molecule has 0 saturated carbocycles. The molecule has 1 atom stereocenters. The van der Waals surface area contributed by atoms with Crippen molar-refractivity contribution >= 4 is 59.1 Å². The van der Waals surface area contributed by atoms with Gasteiger partial charge in [0.05, 0.1) is 9.70 Å². The van der Waals surface area contributed by atoms with E-state index in [2.05, 4.69) is 31.9 Å². The van der Waals surface area contributed by atoms with Crippen molar-refractivity contribution in [3.63, 3.8) is 0 Å². The molecule has 130 valence electrons. The van der Waals surface area contributed by atoms with E-state index in [1.165, 1.54) is 15.6 Å². The maximum Gasteiger partial charge on any atom is 0.252 e. The number of piperidine rings is 1. The fraction of sp³-hybridized carbons (Fsp3) is 0.643. The number of carbonyl (C=O) groups is 1. The Kier molecular flexibility index (Phi) is 6.69. The molecule has 1 aliphatic rings. The van der Waals surface area contributed by atoms with E-state index >= 15 is 0 Å². The summed E-state index contributed by atoms with van der Waals surface area (Å²) in [5, 5.41) is 0. The van der Waals surface area contributed by atoms with Crippen LogP contribution in [0.3, 0.4) is 0 Å². The third kappa shape index (κ3) is 4.18. The Hall–Kier alpha value is 0.0400. The first-order valence-electron chi connectivity index (χ1n) is 7.55. The van der Waals surface area contributed by atoms with Crippen LogP contribution in [0.25, 0.3) is 0 Å². The average Bonchev–Trinajstić information content (AvgIpc) is 2.88. The molecule has 1 aromatic rings. The molecule has 0 aromatic carbocycles. The normalized spacial score (nSPS) is 19.7. The van der Waals surface area contributed by atoms with E-state index in [1.807, 2.05) is 13.8 Å². The Bertz CT molecular complexity index is 652. The summed E-state index contributed by atoms with van der Waals surface area (Å²) in [6.07, 6.45) is 1.46. The van der Waals surface area contributed by atoms with Crippen LogP contribution in [0.15, 0.2) is 18.5 Å². The number of rotatable bonds is 5. The number of sulfonamides is 1. The predicted octanol–water partition coefficient (Wildman–Crippen LogP) is 3.54. The van der Waals surface area contributed by atoms with Gasteiger partial charge in [-0.3, -0.25) is 4.79 Å². The number of hydrogen-bond acceptors (Lipinski definition) is 4. The van der Waals surface area contributed by atoms with Crippen LogP contribution >= 0.6 is 43.2 Å². The molecule has 9 heteroatoms. The Balaban J connectivity index is 2.18. The second kappa shape index (κ2) is 7.95. The third-order valence-electron chi connectivity index (χ3n) is 4.03. The fourth-order valence-corrected chi connectivity index (χ4v) is 7.23. The lowest BCUT2D eigenvalue weighted by molar-refractivity contribution is -0.136. The largest absolute Gasteiger partial charge is 0.343 e. The molecule has 23 heavy (non-hydrogen) atoms. The molecule has 0 aliphatic carbocycles. The Morgan fingerprint density at radius 3 is 2.57 bits per heavy atom. The van der Waals surface area contributed by atoms with Crippen molar-refractivity contribution in [2.75, 3.05) is 26.2 Å². The van der Waals surface area contributed by atoms with Crippen LogP contribution in [-0.4, -0.2) is 49.7 Å². The highest BCUT2D eigenvalue weighted by molar-refractivity contribution is 9.13. The highest BCUT2D eigenvalue weighted by atomic mass is 79.9. The Morgan fingerprint density at radius 2 is 2.04 bits per heavy atom. The molecule has 2 rings (SSSR count). The van der Waals surface area contributed by atoms with E-state index in [4.69, 9.17) is 0 Å². The molecule has 0 spiro atoms. The molecule has 1 aliphatic heterocycles. The van der Waals surface area contributed by atoms with E-state index < -0.39 is 10.0 Å². The van der Waals surface area contributed by atoms with Crippen LogP contribution in [0.5, 0.6) is 0 Å². The van der Waals surface area contributed by atoms with Crippen molar-refractivity contribution < 1.29 is 13.2 Å². The summed E-state index contributed by atoms with van der Waals surface area (Å²) < 4.78 is 28.8. The van der Waals surface area contributed by atoms with E-state index in [0.717, 1.165) is 14.7 Å². The summed E-state index contributed by atoms with van der Waals surface area (Å²) in [6, 6.07) is 1.61. The van der Waals surface area contributed by atoms with Crippen LogP contribution in [0, 0.1) is 5.92 Å². The lowest BCUT2D eigenvalue weighted by Crippen LogP contribution is -2.46. The van der Waals surface area contributed by atoms with Gasteiger partial charge in [0.15, 0.2) is 0 Å². The van der Waals surface area contributed by atoms with Crippen molar-refractivity contribution in [3.05, 3.63) is 14.3 Å². The van der Waals surface area contributed by atoms with Gasteiger partial charge in [-0.05, 0) is 64.6 Å². The smallest absolute Gasteiger partial charge is 0.252 e. The van der Waals surface area contributed by atoms with Crippen LogP contribution in [0.4, 0.5) is 0 Å². The molecule has 0 bridgehead atoms. The maximum absolute atomic E-state index is 12.8. The quantitative estimate of drug-likeness (QED) is 0.638. The van der Waals surface area contributed by atoms with Gasteiger partial charge >= 0.3 is 0 Å². The number of carbonyl (C=O) groups excluding carboxylic acids is 1. The van der Waals surface area contributed by atoms with Crippen molar-refractivity contribution in [2.24, 2.45) is 5.92 Å². The van der Waals surface area contributed by atoms with Crippen LogP contribution in [0.1, 0.15) is 26.7 Å². The zero-order chi connectivity index (χ0) is 17.2. The summed E-state index contributed by atoms with van der Waals surface area (Å²) in [6.45, 7) is 5.94. The zero-order valence-corrected chi connectivity index (χ0v) is 17.9. The maximum atomic E-state index is 12.8. The SMILES string of the molecule is CCN(CC)C(=O)C1CCCN(S(=O)(=O)c2cc(Br)c(Br)s2)C1. The van der Waals surface area contributed by atoms with Gasteiger partial charge in [0.2, 0.25) is 5.91 Å². The molecule has 0 N–H and O–H groups in total. The first kappa shape index (κ1) is 19.4.